The van der Waals surface area contributed by atoms with Crippen molar-refractivity contribution in [1.29, 1.82) is 0 Å². The van der Waals surface area contributed by atoms with Crippen molar-refractivity contribution in [3.05, 3.63) is 106 Å². The molecule has 0 radical (unpaired) electrons. The summed E-state index contributed by atoms with van der Waals surface area (Å²) in [5, 5.41) is 4.69. The second-order valence-electron chi connectivity index (χ2n) is 8.77. The predicted octanol–water partition coefficient (Wildman–Crippen LogP) is 7.32. The molecule has 3 aromatic carbocycles. The summed E-state index contributed by atoms with van der Waals surface area (Å²) in [5.41, 5.74) is 0.796. The van der Waals surface area contributed by atoms with Crippen molar-refractivity contribution in [1.82, 2.24) is 0 Å². The van der Waals surface area contributed by atoms with Gasteiger partial charge in [0, 0.05) is 4.83 Å². The number of hydrogen-bond acceptors (Lipinski definition) is 0. The second kappa shape index (κ2) is 15.0. The maximum absolute atomic E-state index is 3.54. The van der Waals surface area contributed by atoms with Crippen molar-refractivity contribution in [2.45, 2.75) is 61.7 Å². The topological polar surface area (TPSA) is 0 Å². The van der Waals surface area contributed by atoms with Crippen molar-refractivity contribution in [2.75, 3.05) is 0 Å². The monoisotopic (exact) mass is 562 g/mol. The van der Waals surface area contributed by atoms with E-state index in [2.05, 4.69) is 107 Å². The van der Waals surface area contributed by atoms with E-state index < -0.39 is 8.07 Å². The predicted molar refractivity (Wildman–Crippen MR) is 150 cm³/mol. The number of benzene rings is 3. The molecule has 0 N–H and O–H groups in total. The molecule has 0 saturated heterocycles. The molecule has 0 spiro atoms. The average Bonchev–Trinajstić information content (AvgIpc) is 3.52. The summed E-state index contributed by atoms with van der Waals surface area (Å²) in [4.78, 5) is 0.859. The second-order valence-corrected chi connectivity index (χ2v) is 14.2. The summed E-state index contributed by atoms with van der Waals surface area (Å²) in [6, 6.07) is 34.0. The Morgan fingerprint density at radius 3 is 1.09 bits per heavy atom. The van der Waals surface area contributed by atoms with E-state index in [-0.39, 0.29) is 31.9 Å². The standard InChI is InChI=1S/C23H24Si.C5H9Br.2CH3.Fe/c1-4-12-20(13-5-1)24(23-18-10-11-19-23,21-14-6-2-7-15-21)22-16-8-3-9-17-22;6-5-3-1-2-4-5;;;/h1-9,12-17,23H,10-11,18-19H2;5H,1-4H2;2*1H3;/q;;2*-1;+2. The number of alkyl halides is 1. The fourth-order valence-corrected chi connectivity index (χ4v) is 12.0. The van der Waals surface area contributed by atoms with Gasteiger partial charge in [0.25, 0.3) is 0 Å². The van der Waals surface area contributed by atoms with Crippen LogP contribution in [0.25, 0.3) is 0 Å². The third-order valence-corrected chi connectivity index (χ3v) is 13.4. The zero-order valence-electron chi connectivity index (χ0n) is 20.2. The smallest absolute Gasteiger partial charge is 0.358 e. The third-order valence-electron chi connectivity index (χ3n) is 6.94. The van der Waals surface area contributed by atoms with Gasteiger partial charge in [0.2, 0.25) is 0 Å². The minimum atomic E-state index is -1.99. The molecule has 0 unspecified atom stereocenters. The first kappa shape index (κ1) is 29.9. The van der Waals surface area contributed by atoms with Crippen LogP contribution in [0.4, 0.5) is 0 Å². The van der Waals surface area contributed by atoms with Crippen LogP contribution in [0, 0.1) is 14.9 Å². The Kier molecular flexibility index (Phi) is 13.6. The van der Waals surface area contributed by atoms with Crippen LogP contribution < -0.4 is 15.6 Å². The van der Waals surface area contributed by atoms with E-state index in [4.69, 9.17) is 0 Å². The van der Waals surface area contributed by atoms with Crippen LogP contribution in [-0.4, -0.2) is 12.9 Å². The minimum absolute atomic E-state index is 0. The molecule has 2 aliphatic carbocycles. The Bertz CT molecular complexity index is 776. The number of halogens is 1. The van der Waals surface area contributed by atoms with Crippen LogP contribution in [0.1, 0.15) is 51.4 Å². The van der Waals surface area contributed by atoms with Gasteiger partial charge in [-0.05, 0) is 33.9 Å². The quantitative estimate of drug-likeness (QED) is 0.135. The molecule has 3 aromatic rings. The van der Waals surface area contributed by atoms with Gasteiger partial charge in [0.05, 0.1) is 0 Å². The van der Waals surface area contributed by atoms with Gasteiger partial charge in [-0.25, -0.2) is 0 Å². The fraction of sp³-hybridized carbons (Fsp3) is 0.333. The summed E-state index contributed by atoms with van der Waals surface area (Å²) < 4.78 is 0. The van der Waals surface area contributed by atoms with Gasteiger partial charge in [0.15, 0.2) is 8.07 Å². The van der Waals surface area contributed by atoms with Crippen molar-refractivity contribution in [3.63, 3.8) is 0 Å². The fourth-order valence-electron chi connectivity index (χ4n) is 5.55. The first-order valence-electron chi connectivity index (χ1n) is 11.6. The summed E-state index contributed by atoms with van der Waals surface area (Å²) in [5.74, 6) is 0. The molecule has 0 amide bonds. The van der Waals surface area contributed by atoms with Crippen LogP contribution in [0.15, 0.2) is 91.0 Å². The third kappa shape index (κ3) is 6.95. The first-order valence-corrected chi connectivity index (χ1v) is 14.6. The Morgan fingerprint density at radius 1 is 0.515 bits per heavy atom. The Balaban J connectivity index is 0.000000532. The van der Waals surface area contributed by atoms with Crippen LogP contribution in [0.2, 0.25) is 5.54 Å². The molecule has 2 aliphatic rings. The van der Waals surface area contributed by atoms with E-state index in [1.165, 1.54) is 51.4 Å². The van der Waals surface area contributed by atoms with Crippen molar-refractivity contribution < 1.29 is 17.1 Å². The zero-order chi connectivity index (χ0) is 20.7. The normalized spacial score (nSPS) is 15.9. The molecule has 0 aromatic heterocycles. The SMILES string of the molecule is BrC1CCCC1.[CH3-].[CH3-].[Fe+2].c1ccc([Si](c2ccccc2)(c2ccccc2)C2CCCC2)cc1. The maximum Gasteiger partial charge on any atom is 2.00 e. The molecule has 0 bridgehead atoms. The Hall–Kier alpha value is -1.12. The Morgan fingerprint density at radius 2 is 0.818 bits per heavy atom. The molecule has 2 saturated carbocycles. The molecule has 178 valence electrons. The van der Waals surface area contributed by atoms with E-state index in [0.29, 0.717) is 0 Å². The molecule has 0 atom stereocenters. The minimum Gasteiger partial charge on any atom is -0.358 e. The van der Waals surface area contributed by atoms with Gasteiger partial charge in [-0.15, -0.1) is 0 Å². The van der Waals surface area contributed by atoms with Gasteiger partial charge >= 0.3 is 17.1 Å². The summed E-state index contributed by atoms with van der Waals surface area (Å²) in [7, 11) is -1.99. The van der Waals surface area contributed by atoms with E-state index in [9.17, 15) is 0 Å². The molecule has 0 heterocycles. The van der Waals surface area contributed by atoms with E-state index in [1.807, 2.05) is 0 Å². The summed E-state index contributed by atoms with van der Waals surface area (Å²) in [6.45, 7) is 0. The molecule has 2 fully saturated rings. The molecule has 5 rings (SSSR count). The van der Waals surface area contributed by atoms with Crippen molar-refractivity contribution in [3.8, 4) is 0 Å². The molecule has 33 heavy (non-hydrogen) atoms. The molecule has 0 aliphatic heterocycles. The largest absolute Gasteiger partial charge is 2.00 e. The van der Waals surface area contributed by atoms with Gasteiger partial charge in [-0.1, -0.05) is 145 Å². The van der Waals surface area contributed by atoms with E-state index in [1.54, 1.807) is 15.6 Å². The summed E-state index contributed by atoms with van der Waals surface area (Å²) in [6.07, 6.45) is 11.2. The zero-order valence-corrected chi connectivity index (χ0v) is 23.9. The average molecular weight is 563 g/mol. The van der Waals surface area contributed by atoms with Crippen LogP contribution in [0.5, 0.6) is 0 Å². The molecular formula is C30H39BrFeSi. The van der Waals surface area contributed by atoms with E-state index in [0.717, 1.165) is 10.4 Å². The number of hydrogen-bond donors (Lipinski definition) is 0. The first-order chi connectivity index (χ1) is 14.8. The van der Waals surface area contributed by atoms with Gasteiger partial charge < -0.3 is 14.9 Å². The molecular weight excluding hydrogens is 524 g/mol. The van der Waals surface area contributed by atoms with Crippen LogP contribution in [-0.2, 0) is 17.1 Å². The molecule has 3 heteroatoms. The van der Waals surface area contributed by atoms with E-state index >= 15 is 0 Å². The Labute approximate surface area is 223 Å². The van der Waals surface area contributed by atoms with Crippen LogP contribution >= 0.6 is 15.9 Å². The number of rotatable bonds is 4. The summed E-state index contributed by atoms with van der Waals surface area (Å²) >= 11 is 3.54. The molecule has 0 nitrogen and oxygen atoms in total. The van der Waals surface area contributed by atoms with Gasteiger partial charge in [-0.3, -0.25) is 0 Å². The van der Waals surface area contributed by atoms with Crippen molar-refractivity contribution >= 4 is 39.6 Å². The van der Waals surface area contributed by atoms with Crippen LogP contribution in [0.3, 0.4) is 0 Å². The van der Waals surface area contributed by atoms with Gasteiger partial charge in [0.1, 0.15) is 0 Å². The maximum atomic E-state index is 3.54. The van der Waals surface area contributed by atoms with Gasteiger partial charge in [-0.2, -0.15) is 0 Å². The van der Waals surface area contributed by atoms with Crippen molar-refractivity contribution in [2.24, 2.45) is 0 Å².